The van der Waals surface area contributed by atoms with Crippen LogP contribution in [0.15, 0.2) is 0 Å². The maximum atomic E-state index is 8.98. The van der Waals surface area contributed by atoms with Gasteiger partial charge in [-0.3, -0.25) is 0 Å². The molecule has 56 valence electrons. The molecule has 0 aliphatic rings. The molecule has 3 nitrogen and oxygen atoms in total. The Hall–Kier alpha value is -0.120. The van der Waals surface area contributed by atoms with E-state index in [9.17, 15) is 0 Å². The standard InChI is InChI=1S/C6H15NO2/c1-5(8)4-6(9)2-3-7/h5-6,8-9H,2-4,7H2,1H3. The van der Waals surface area contributed by atoms with Crippen LogP contribution in [0.3, 0.4) is 0 Å². The molecule has 0 rings (SSSR count). The normalized spacial score (nSPS) is 17.3. The summed E-state index contributed by atoms with van der Waals surface area (Å²) >= 11 is 0. The highest BCUT2D eigenvalue weighted by atomic mass is 16.3. The number of nitrogens with two attached hydrogens (primary N) is 1. The van der Waals surface area contributed by atoms with Crippen LogP contribution in [0, 0.1) is 0 Å². The van der Waals surface area contributed by atoms with Crippen molar-refractivity contribution in [3.63, 3.8) is 0 Å². The first kappa shape index (κ1) is 8.88. The molecule has 0 heterocycles. The minimum atomic E-state index is -0.435. The van der Waals surface area contributed by atoms with E-state index < -0.39 is 12.2 Å². The monoisotopic (exact) mass is 133 g/mol. The maximum absolute atomic E-state index is 8.98. The van der Waals surface area contributed by atoms with Gasteiger partial charge in [-0.25, -0.2) is 0 Å². The molecule has 0 aliphatic heterocycles. The summed E-state index contributed by atoms with van der Waals surface area (Å²) in [6.07, 6.45) is 0.142. The van der Waals surface area contributed by atoms with Gasteiger partial charge in [-0.1, -0.05) is 0 Å². The Balaban J connectivity index is 3.15. The van der Waals surface area contributed by atoms with E-state index in [4.69, 9.17) is 15.9 Å². The van der Waals surface area contributed by atoms with Crippen LogP contribution in [0.1, 0.15) is 19.8 Å². The lowest BCUT2D eigenvalue weighted by atomic mass is 10.1. The molecule has 0 bridgehead atoms. The van der Waals surface area contributed by atoms with Crippen LogP contribution in [0.4, 0.5) is 0 Å². The molecule has 4 N–H and O–H groups in total. The highest BCUT2D eigenvalue weighted by Gasteiger charge is 2.05. The Labute approximate surface area is 55.5 Å². The second-order valence-electron chi connectivity index (χ2n) is 2.32. The van der Waals surface area contributed by atoms with Crippen LogP contribution < -0.4 is 5.73 Å². The lowest BCUT2D eigenvalue weighted by Crippen LogP contribution is -2.18. The van der Waals surface area contributed by atoms with Crippen molar-refractivity contribution in [1.29, 1.82) is 0 Å². The van der Waals surface area contributed by atoms with E-state index in [1.165, 1.54) is 0 Å². The second-order valence-corrected chi connectivity index (χ2v) is 2.32. The molecule has 0 aromatic carbocycles. The van der Waals surface area contributed by atoms with Crippen molar-refractivity contribution in [2.75, 3.05) is 6.54 Å². The number of hydrogen-bond acceptors (Lipinski definition) is 3. The second kappa shape index (κ2) is 4.73. The van der Waals surface area contributed by atoms with Crippen LogP contribution in [-0.4, -0.2) is 29.0 Å². The molecule has 9 heavy (non-hydrogen) atoms. The third-order valence-electron chi connectivity index (χ3n) is 1.11. The van der Waals surface area contributed by atoms with Crippen LogP contribution in [0.25, 0.3) is 0 Å². The number of aliphatic hydroxyl groups is 2. The van der Waals surface area contributed by atoms with Crippen molar-refractivity contribution in [1.82, 2.24) is 0 Å². The highest BCUT2D eigenvalue weighted by Crippen LogP contribution is 1.99. The summed E-state index contributed by atoms with van der Waals surface area (Å²) in [6.45, 7) is 2.13. The van der Waals surface area contributed by atoms with Gasteiger partial charge >= 0.3 is 0 Å². The summed E-state index contributed by atoms with van der Waals surface area (Å²) in [5, 5.41) is 17.7. The third kappa shape index (κ3) is 5.76. The van der Waals surface area contributed by atoms with Crippen molar-refractivity contribution in [2.45, 2.75) is 32.0 Å². The van der Waals surface area contributed by atoms with E-state index in [0.29, 0.717) is 19.4 Å². The smallest absolute Gasteiger partial charge is 0.0576 e. The Morgan fingerprint density at radius 3 is 2.33 bits per heavy atom. The Kier molecular flexibility index (Phi) is 4.67. The molecule has 0 radical (unpaired) electrons. The molecule has 0 aliphatic carbocycles. The maximum Gasteiger partial charge on any atom is 0.0576 e. The van der Waals surface area contributed by atoms with Gasteiger partial charge in [-0.05, 0) is 26.3 Å². The van der Waals surface area contributed by atoms with Gasteiger partial charge in [0.15, 0.2) is 0 Å². The fourth-order valence-electron chi connectivity index (χ4n) is 0.704. The van der Waals surface area contributed by atoms with Gasteiger partial charge in [0.2, 0.25) is 0 Å². The quantitative estimate of drug-likeness (QED) is 0.483. The summed E-state index contributed by atoms with van der Waals surface area (Å²) in [5.41, 5.74) is 5.16. The summed E-state index contributed by atoms with van der Waals surface area (Å²) in [7, 11) is 0. The average Bonchev–Trinajstić information content (AvgIpc) is 1.63. The molecule has 2 unspecified atom stereocenters. The minimum Gasteiger partial charge on any atom is -0.393 e. The largest absolute Gasteiger partial charge is 0.393 e. The fourth-order valence-corrected chi connectivity index (χ4v) is 0.704. The lowest BCUT2D eigenvalue weighted by Gasteiger charge is -2.09. The molecule has 0 fully saturated rings. The molecule has 0 saturated heterocycles. The molecule has 0 aromatic rings. The van der Waals surface area contributed by atoms with Crippen LogP contribution in [-0.2, 0) is 0 Å². The van der Waals surface area contributed by atoms with E-state index in [1.54, 1.807) is 6.92 Å². The molecule has 0 amide bonds. The number of aliphatic hydroxyl groups excluding tert-OH is 2. The van der Waals surface area contributed by atoms with Crippen LogP contribution >= 0.6 is 0 Å². The summed E-state index contributed by atoms with van der Waals surface area (Å²) < 4.78 is 0. The minimum absolute atomic E-state index is 0.424. The first-order valence-electron chi connectivity index (χ1n) is 3.23. The van der Waals surface area contributed by atoms with Crippen molar-refractivity contribution < 1.29 is 10.2 Å². The molecule has 0 aromatic heterocycles. The summed E-state index contributed by atoms with van der Waals surface area (Å²) in [4.78, 5) is 0. The summed E-state index contributed by atoms with van der Waals surface area (Å²) in [5.74, 6) is 0. The third-order valence-corrected chi connectivity index (χ3v) is 1.11. The molecular formula is C6H15NO2. The lowest BCUT2D eigenvalue weighted by molar-refractivity contribution is 0.0868. The molecule has 3 heteroatoms. The molecule has 0 saturated carbocycles. The van der Waals surface area contributed by atoms with Gasteiger partial charge in [0.05, 0.1) is 12.2 Å². The molecular weight excluding hydrogens is 118 g/mol. The van der Waals surface area contributed by atoms with Gasteiger partial charge < -0.3 is 15.9 Å². The fraction of sp³-hybridized carbons (Fsp3) is 1.00. The number of rotatable bonds is 4. The van der Waals surface area contributed by atoms with Gasteiger partial charge in [0, 0.05) is 0 Å². The predicted molar refractivity (Wildman–Crippen MR) is 36.0 cm³/mol. The highest BCUT2D eigenvalue weighted by molar-refractivity contribution is 4.59. The Morgan fingerprint density at radius 1 is 1.44 bits per heavy atom. The first-order chi connectivity index (χ1) is 4.16. The predicted octanol–water partition coefficient (Wildman–Crippen LogP) is -0.533. The van der Waals surface area contributed by atoms with Gasteiger partial charge in [0.25, 0.3) is 0 Å². The molecule has 2 atom stereocenters. The Bertz CT molecular complexity index is 66.1. The topological polar surface area (TPSA) is 66.5 Å². The van der Waals surface area contributed by atoms with Crippen molar-refractivity contribution >= 4 is 0 Å². The number of hydrogen-bond donors (Lipinski definition) is 3. The SMILES string of the molecule is CC(O)CC(O)CCN. The van der Waals surface area contributed by atoms with Crippen molar-refractivity contribution in [3.05, 3.63) is 0 Å². The zero-order valence-corrected chi connectivity index (χ0v) is 5.75. The van der Waals surface area contributed by atoms with E-state index in [1.807, 2.05) is 0 Å². The summed E-state index contributed by atoms with van der Waals surface area (Å²) in [6, 6.07) is 0. The van der Waals surface area contributed by atoms with E-state index in [0.717, 1.165) is 0 Å². The molecule has 0 spiro atoms. The van der Waals surface area contributed by atoms with Crippen molar-refractivity contribution in [2.24, 2.45) is 5.73 Å². The van der Waals surface area contributed by atoms with E-state index >= 15 is 0 Å². The van der Waals surface area contributed by atoms with E-state index in [2.05, 4.69) is 0 Å². The Morgan fingerprint density at radius 2 is 2.00 bits per heavy atom. The van der Waals surface area contributed by atoms with Crippen LogP contribution in [0.2, 0.25) is 0 Å². The van der Waals surface area contributed by atoms with Gasteiger partial charge in [0.1, 0.15) is 0 Å². The zero-order valence-electron chi connectivity index (χ0n) is 5.75. The zero-order chi connectivity index (χ0) is 7.28. The van der Waals surface area contributed by atoms with Crippen LogP contribution in [0.5, 0.6) is 0 Å². The van der Waals surface area contributed by atoms with Gasteiger partial charge in [-0.15, -0.1) is 0 Å². The van der Waals surface area contributed by atoms with E-state index in [-0.39, 0.29) is 0 Å². The van der Waals surface area contributed by atoms with Crippen molar-refractivity contribution in [3.8, 4) is 0 Å². The average molecular weight is 133 g/mol. The van der Waals surface area contributed by atoms with Gasteiger partial charge in [-0.2, -0.15) is 0 Å². The first-order valence-corrected chi connectivity index (χ1v) is 3.23.